The number of halogens is 2. The number of rotatable bonds is 2. The number of nitrogens with one attached hydrogen (secondary N) is 1. The zero-order valence-corrected chi connectivity index (χ0v) is 9.73. The van der Waals surface area contributed by atoms with Gasteiger partial charge in [-0.05, 0) is 37.4 Å². The first-order chi connectivity index (χ1) is 7.66. The summed E-state index contributed by atoms with van der Waals surface area (Å²) < 4.78 is 13.5. The van der Waals surface area contributed by atoms with Gasteiger partial charge in [0.05, 0.1) is 5.02 Å². The van der Waals surface area contributed by atoms with E-state index in [1.165, 1.54) is 18.9 Å². The van der Waals surface area contributed by atoms with Gasteiger partial charge in [0.15, 0.2) is 0 Å². The van der Waals surface area contributed by atoms with Crippen molar-refractivity contribution >= 4 is 11.6 Å². The predicted molar refractivity (Wildman–Crippen MR) is 62.4 cm³/mol. The number of phenolic OH excluding ortho intramolecular Hbond substituents is 1. The van der Waals surface area contributed by atoms with Crippen LogP contribution in [0.25, 0.3) is 0 Å². The third kappa shape index (κ3) is 2.66. The van der Waals surface area contributed by atoms with Crippen LogP contribution in [0.1, 0.15) is 24.8 Å². The molecule has 2 rings (SSSR count). The summed E-state index contributed by atoms with van der Waals surface area (Å²) in [6.07, 6.45) is 4.07. The molecule has 1 fully saturated rings. The minimum absolute atomic E-state index is 0.195. The number of aromatic hydroxyl groups is 1. The summed E-state index contributed by atoms with van der Waals surface area (Å²) in [5.74, 6) is -0.575. The van der Waals surface area contributed by atoms with Crippen molar-refractivity contribution in [1.29, 1.82) is 0 Å². The van der Waals surface area contributed by atoms with Crippen molar-refractivity contribution in [2.24, 2.45) is 0 Å². The maximum absolute atomic E-state index is 13.5. The minimum Gasteiger partial charge on any atom is -0.506 e. The second-order valence-corrected chi connectivity index (χ2v) is 4.65. The first-order valence-corrected chi connectivity index (χ1v) is 5.95. The molecular formula is C12H15ClFNO. The number of piperidine rings is 1. The Hall–Kier alpha value is -0.800. The Morgan fingerprint density at radius 3 is 2.94 bits per heavy atom. The molecule has 1 heterocycles. The van der Waals surface area contributed by atoms with E-state index in [0.717, 1.165) is 19.0 Å². The highest BCUT2D eigenvalue weighted by molar-refractivity contribution is 6.32. The van der Waals surface area contributed by atoms with Crippen LogP contribution < -0.4 is 5.32 Å². The summed E-state index contributed by atoms with van der Waals surface area (Å²) in [4.78, 5) is 0. The first-order valence-electron chi connectivity index (χ1n) is 5.57. The van der Waals surface area contributed by atoms with E-state index < -0.39 is 0 Å². The fourth-order valence-corrected chi connectivity index (χ4v) is 2.28. The maximum atomic E-state index is 13.5. The summed E-state index contributed by atoms with van der Waals surface area (Å²) in [6, 6.07) is 2.92. The Morgan fingerprint density at radius 1 is 1.44 bits per heavy atom. The Morgan fingerprint density at radius 2 is 2.25 bits per heavy atom. The average molecular weight is 244 g/mol. The van der Waals surface area contributed by atoms with Gasteiger partial charge in [-0.3, -0.25) is 0 Å². The lowest BCUT2D eigenvalue weighted by Gasteiger charge is -2.23. The van der Waals surface area contributed by atoms with Crippen molar-refractivity contribution in [2.75, 3.05) is 6.54 Å². The van der Waals surface area contributed by atoms with Gasteiger partial charge in [0.1, 0.15) is 11.6 Å². The van der Waals surface area contributed by atoms with E-state index in [2.05, 4.69) is 5.32 Å². The van der Waals surface area contributed by atoms with Gasteiger partial charge in [-0.1, -0.05) is 18.0 Å². The quantitative estimate of drug-likeness (QED) is 0.837. The third-order valence-electron chi connectivity index (χ3n) is 2.99. The van der Waals surface area contributed by atoms with Crippen molar-refractivity contribution in [3.63, 3.8) is 0 Å². The molecule has 1 aromatic carbocycles. The molecule has 1 aliphatic heterocycles. The van der Waals surface area contributed by atoms with E-state index in [1.54, 1.807) is 0 Å². The Bertz CT molecular complexity index is 378. The molecule has 1 aliphatic rings. The van der Waals surface area contributed by atoms with Crippen LogP contribution in [0.4, 0.5) is 4.39 Å². The number of hydrogen-bond donors (Lipinski definition) is 2. The highest BCUT2D eigenvalue weighted by Crippen LogP contribution is 2.27. The van der Waals surface area contributed by atoms with Crippen LogP contribution in [0.3, 0.4) is 0 Å². The summed E-state index contributed by atoms with van der Waals surface area (Å²) >= 11 is 5.77. The van der Waals surface area contributed by atoms with Gasteiger partial charge in [-0.15, -0.1) is 0 Å². The number of benzene rings is 1. The van der Waals surface area contributed by atoms with Gasteiger partial charge in [-0.25, -0.2) is 4.39 Å². The van der Waals surface area contributed by atoms with E-state index in [1.807, 2.05) is 0 Å². The fourth-order valence-electron chi connectivity index (χ4n) is 2.10. The van der Waals surface area contributed by atoms with Crippen LogP contribution in [0.5, 0.6) is 5.75 Å². The summed E-state index contributed by atoms with van der Waals surface area (Å²) in [5, 5.41) is 12.8. The zero-order valence-electron chi connectivity index (χ0n) is 8.97. The van der Waals surface area contributed by atoms with Crippen LogP contribution in [-0.2, 0) is 6.42 Å². The predicted octanol–water partition coefficient (Wildman–Crippen LogP) is 2.87. The second kappa shape index (κ2) is 5.02. The highest BCUT2D eigenvalue weighted by Gasteiger charge is 2.16. The number of phenols is 1. The highest BCUT2D eigenvalue weighted by atomic mass is 35.5. The molecule has 1 atom stereocenters. The summed E-state index contributed by atoms with van der Waals surface area (Å²) in [6.45, 7) is 0.998. The molecule has 1 aromatic rings. The lowest BCUT2D eigenvalue weighted by atomic mass is 9.97. The molecule has 0 aliphatic carbocycles. The van der Waals surface area contributed by atoms with E-state index in [0.29, 0.717) is 18.0 Å². The lowest BCUT2D eigenvalue weighted by molar-refractivity contribution is 0.394. The van der Waals surface area contributed by atoms with E-state index >= 15 is 0 Å². The van der Waals surface area contributed by atoms with Crippen LogP contribution in [-0.4, -0.2) is 17.7 Å². The summed E-state index contributed by atoms with van der Waals surface area (Å²) in [7, 11) is 0. The molecule has 4 heteroatoms. The van der Waals surface area contributed by atoms with Gasteiger partial charge in [0, 0.05) is 12.1 Å². The van der Waals surface area contributed by atoms with E-state index in [9.17, 15) is 9.50 Å². The molecule has 1 saturated heterocycles. The second-order valence-electron chi connectivity index (χ2n) is 4.25. The van der Waals surface area contributed by atoms with E-state index in [4.69, 9.17) is 11.6 Å². The van der Waals surface area contributed by atoms with Crippen LogP contribution in [0, 0.1) is 5.82 Å². The molecular weight excluding hydrogens is 229 g/mol. The third-order valence-corrected chi connectivity index (χ3v) is 3.30. The average Bonchev–Trinajstić information content (AvgIpc) is 2.27. The molecule has 0 bridgehead atoms. The molecule has 0 saturated carbocycles. The Labute approximate surface area is 99.4 Å². The molecule has 88 valence electrons. The molecule has 1 unspecified atom stereocenters. The summed E-state index contributed by atoms with van der Waals surface area (Å²) in [5.41, 5.74) is 0.571. The van der Waals surface area contributed by atoms with Crippen LogP contribution in [0.15, 0.2) is 12.1 Å². The SMILES string of the molecule is Oc1cc(F)c(CC2CCCCN2)cc1Cl. The van der Waals surface area contributed by atoms with Crippen molar-refractivity contribution in [1.82, 2.24) is 5.32 Å². The van der Waals surface area contributed by atoms with Crippen molar-refractivity contribution < 1.29 is 9.50 Å². The minimum atomic E-state index is -0.380. The van der Waals surface area contributed by atoms with Crippen molar-refractivity contribution in [2.45, 2.75) is 31.7 Å². The smallest absolute Gasteiger partial charge is 0.137 e. The maximum Gasteiger partial charge on any atom is 0.137 e. The Balaban J connectivity index is 2.11. The molecule has 0 aromatic heterocycles. The van der Waals surface area contributed by atoms with Crippen LogP contribution in [0.2, 0.25) is 5.02 Å². The monoisotopic (exact) mass is 243 g/mol. The molecule has 0 spiro atoms. The Kier molecular flexibility index (Phi) is 3.66. The first kappa shape index (κ1) is 11.7. The van der Waals surface area contributed by atoms with Gasteiger partial charge in [-0.2, -0.15) is 0 Å². The fraction of sp³-hybridized carbons (Fsp3) is 0.500. The van der Waals surface area contributed by atoms with Gasteiger partial charge in [0.2, 0.25) is 0 Å². The molecule has 2 N–H and O–H groups in total. The van der Waals surface area contributed by atoms with Crippen LogP contribution >= 0.6 is 11.6 Å². The molecule has 2 nitrogen and oxygen atoms in total. The topological polar surface area (TPSA) is 32.3 Å². The van der Waals surface area contributed by atoms with Crippen molar-refractivity contribution in [3.05, 3.63) is 28.5 Å². The van der Waals surface area contributed by atoms with Gasteiger partial charge >= 0.3 is 0 Å². The zero-order chi connectivity index (χ0) is 11.5. The normalized spacial score (nSPS) is 21.0. The number of hydrogen-bond acceptors (Lipinski definition) is 2. The molecule has 0 amide bonds. The largest absolute Gasteiger partial charge is 0.506 e. The van der Waals surface area contributed by atoms with Crippen molar-refractivity contribution in [3.8, 4) is 5.75 Å². The van der Waals surface area contributed by atoms with Gasteiger partial charge < -0.3 is 10.4 Å². The van der Waals surface area contributed by atoms with Gasteiger partial charge in [0.25, 0.3) is 0 Å². The standard InChI is InChI=1S/C12H15ClFNO/c13-10-6-8(11(14)7-12(10)16)5-9-3-1-2-4-15-9/h6-7,9,15-16H,1-5H2. The lowest BCUT2D eigenvalue weighted by Crippen LogP contribution is -2.35. The molecule has 0 radical (unpaired) electrons. The molecule has 16 heavy (non-hydrogen) atoms. The van der Waals surface area contributed by atoms with E-state index in [-0.39, 0.29) is 16.6 Å².